The molecular weight excluding hydrogens is 834 g/mol. The summed E-state index contributed by atoms with van der Waals surface area (Å²) in [6.07, 6.45) is 10.6. The van der Waals surface area contributed by atoms with E-state index in [2.05, 4.69) is 15.3 Å². The van der Waals surface area contributed by atoms with Crippen LogP contribution in [0.3, 0.4) is 0 Å². The number of halogens is 1. The summed E-state index contributed by atoms with van der Waals surface area (Å²) >= 11 is 5.66. The van der Waals surface area contributed by atoms with Gasteiger partial charge in [0.25, 0.3) is 0 Å². The van der Waals surface area contributed by atoms with Crippen LogP contribution in [0.1, 0.15) is 57.4 Å². The molecule has 18 heteroatoms. The fourth-order valence-electron chi connectivity index (χ4n) is 6.67. The molecule has 5 rings (SSSR count). The van der Waals surface area contributed by atoms with Gasteiger partial charge in [0.05, 0.1) is 51.1 Å². The lowest BCUT2D eigenvalue weighted by Gasteiger charge is -2.32. The molecule has 4 aromatic rings. The van der Waals surface area contributed by atoms with Crippen molar-refractivity contribution in [3.63, 3.8) is 0 Å². The van der Waals surface area contributed by atoms with E-state index in [1.807, 2.05) is 59.3 Å². The van der Waals surface area contributed by atoms with E-state index < -0.39 is 6.09 Å². The molecule has 2 aromatic carbocycles. The molecule has 1 fully saturated rings. The molecule has 3 N–H and O–H groups in total. The van der Waals surface area contributed by atoms with Gasteiger partial charge in [-0.05, 0) is 68.5 Å². The first kappa shape index (κ1) is 48.7. The van der Waals surface area contributed by atoms with Crippen molar-refractivity contribution in [3.05, 3.63) is 73.1 Å². The summed E-state index contributed by atoms with van der Waals surface area (Å²) in [6.45, 7) is 4.57. The number of aromatic nitrogens is 4. The minimum Gasteiger partial charge on any atom is -0.463 e. The fourth-order valence-corrected chi connectivity index (χ4v) is 6.85. The van der Waals surface area contributed by atoms with E-state index in [1.165, 1.54) is 12.4 Å². The smallest absolute Gasteiger partial charge is 0.407 e. The zero-order chi connectivity index (χ0) is 44.3. The highest BCUT2D eigenvalue weighted by Gasteiger charge is 2.28. The minimum atomic E-state index is -0.631. The Bertz CT molecular complexity index is 1990. The largest absolute Gasteiger partial charge is 0.463 e. The highest BCUT2D eigenvalue weighted by Crippen LogP contribution is 2.35. The number of nitrogen functional groups attached to an aromatic ring is 1. The van der Waals surface area contributed by atoms with Gasteiger partial charge in [0.15, 0.2) is 5.65 Å². The van der Waals surface area contributed by atoms with E-state index in [0.29, 0.717) is 80.1 Å². The number of likely N-dealkylation sites (tertiary alicyclic amines) is 1. The molecule has 1 aliphatic heterocycles. The number of piperidine rings is 1. The van der Waals surface area contributed by atoms with Gasteiger partial charge in [-0.2, -0.15) is 5.10 Å². The third kappa shape index (κ3) is 17.4. The lowest BCUT2D eigenvalue weighted by Crippen LogP contribution is -2.40. The lowest BCUT2D eigenvalue weighted by molar-refractivity contribution is -0.145. The Hall–Kier alpha value is -5.33. The van der Waals surface area contributed by atoms with Crippen LogP contribution in [0, 0.1) is 0 Å². The van der Waals surface area contributed by atoms with Crippen LogP contribution in [0.5, 0.6) is 11.5 Å². The first-order chi connectivity index (χ1) is 30.9. The van der Waals surface area contributed by atoms with Crippen molar-refractivity contribution in [1.82, 2.24) is 30.0 Å². The van der Waals surface area contributed by atoms with Crippen molar-refractivity contribution in [2.45, 2.75) is 57.4 Å². The number of ether oxygens (including phenoxy) is 7. The summed E-state index contributed by atoms with van der Waals surface area (Å²) in [5.74, 6) is 1.98. The molecule has 0 spiro atoms. The van der Waals surface area contributed by atoms with Crippen LogP contribution < -0.4 is 15.8 Å². The first-order valence-corrected chi connectivity index (χ1v) is 22.2. The number of esters is 1. The minimum absolute atomic E-state index is 0.0435. The Morgan fingerprint density at radius 1 is 0.778 bits per heavy atom. The molecule has 0 radical (unpaired) electrons. The molecule has 17 nitrogen and oxygen atoms in total. The zero-order valence-corrected chi connectivity index (χ0v) is 36.6. The van der Waals surface area contributed by atoms with Gasteiger partial charge < -0.3 is 49.1 Å². The van der Waals surface area contributed by atoms with Gasteiger partial charge in [0.1, 0.15) is 42.6 Å². The van der Waals surface area contributed by atoms with Crippen LogP contribution in [0.15, 0.2) is 73.1 Å². The number of carbonyl (C=O) groups is 3. The quantitative estimate of drug-likeness (QED) is 0.0259. The number of hydrogen-bond donors (Lipinski definition) is 2. The number of rotatable bonds is 29. The molecule has 63 heavy (non-hydrogen) atoms. The number of fused-ring (bicyclic) bond motifs is 1. The highest BCUT2D eigenvalue weighted by molar-refractivity contribution is 6.17. The molecule has 3 heterocycles. The summed E-state index contributed by atoms with van der Waals surface area (Å²) < 4.78 is 40.0. The maximum Gasteiger partial charge on any atom is 0.407 e. The van der Waals surface area contributed by atoms with Crippen LogP contribution in [-0.2, 0) is 38.0 Å². The molecule has 1 aliphatic rings. The number of para-hydroxylation sites is 1. The van der Waals surface area contributed by atoms with E-state index in [0.717, 1.165) is 56.4 Å². The average Bonchev–Trinajstić information content (AvgIpc) is 3.70. The topological polar surface area (TPSA) is 201 Å². The summed E-state index contributed by atoms with van der Waals surface area (Å²) in [7, 11) is 0. The second-order valence-electron chi connectivity index (χ2n) is 14.6. The number of benzene rings is 2. The second-order valence-corrected chi connectivity index (χ2v) is 14.9. The van der Waals surface area contributed by atoms with Gasteiger partial charge >= 0.3 is 12.1 Å². The van der Waals surface area contributed by atoms with E-state index in [-0.39, 0.29) is 63.9 Å². The molecular formula is C45H60ClN7O10. The second kappa shape index (κ2) is 28.4. The van der Waals surface area contributed by atoms with Crippen LogP contribution in [0.2, 0.25) is 0 Å². The monoisotopic (exact) mass is 893 g/mol. The number of unbranched alkanes of at least 4 members (excludes halogenated alkanes) is 3. The summed E-state index contributed by atoms with van der Waals surface area (Å²) in [6, 6.07) is 17.0. The Morgan fingerprint density at radius 2 is 1.44 bits per heavy atom. The Labute approximate surface area is 373 Å². The van der Waals surface area contributed by atoms with Crippen molar-refractivity contribution in [1.29, 1.82) is 0 Å². The number of anilines is 1. The molecule has 342 valence electrons. The van der Waals surface area contributed by atoms with Gasteiger partial charge in [-0.1, -0.05) is 37.1 Å². The van der Waals surface area contributed by atoms with Crippen LogP contribution in [0.4, 0.5) is 10.6 Å². The number of hydrogen-bond acceptors (Lipinski definition) is 14. The van der Waals surface area contributed by atoms with Crippen molar-refractivity contribution >= 4 is 46.4 Å². The number of amides is 2. The standard InChI is InChI=1S/C45H60ClN7O10/c46-20-6-1-2-7-23-57-25-26-58-24-10-15-40(55)61-31-29-59-27-28-60-30-32-62-45(56)48-21-8-14-39(54)52-22-9-11-36(33-52)53-44-41(43(47)49-34-50-44)42(51-53)35-16-18-38(19-17-35)63-37-12-4-3-5-13-37/h3-5,8,12-14,16-19,34,36H,1-2,6-7,9-11,15,20-33H2,(H,48,56)(H2,47,49,50)/b14-8+/t36-/m1/s1. The molecule has 2 aromatic heterocycles. The third-order valence-electron chi connectivity index (χ3n) is 9.84. The normalized spacial score (nSPS) is 14.0. The number of alkyl halides is 1. The Kier molecular flexibility index (Phi) is 21.9. The molecule has 0 saturated carbocycles. The Balaban J connectivity index is 0.896. The maximum absolute atomic E-state index is 13.2. The number of nitrogens with one attached hydrogen (secondary N) is 1. The molecule has 2 amide bonds. The van der Waals surface area contributed by atoms with Gasteiger partial charge in [-0.3, -0.25) is 9.59 Å². The van der Waals surface area contributed by atoms with Crippen molar-refractivity contribution < 1.29 is 47.5 Å². The number of nitrogens with zero attached hydrogens (tertiary/aromatic N) is 5. The molecule has 1 atom stereocenters. The molecule has 0 aliphatic carbocycles. The van der Waals surface area contributed by atoms with Crippen molar-refractivity contribution in [3.8, 4) is 22.8 Å². The van der Waals surface area contributed by atoms with Crippen molar-refractivity contribution in [2.75, 3.05) is 97.3 Å². The maximum atomic E-state index is 13.2. The average molecular weight is 894 g/mol. The van der Waals surface area contributed by atoms with E-state index in [4.69, 9.17) is 55.6 Å². The summed E-state index contributed by atoms with van der Waals surface area (Å²) in [5.41, 5.74) is 8.44. The van der Waals surface area contributed by atoms with Gasteiger partial charge in [-0.15, -0.1) is 11.6 Å². The fraction of sp³-hybridized carbons (Fsp3) is 0.511. The van der Waals surface area contributed by atoms with Crippen molar-refractivity contribution in [2.24, 2.45) is 0 Å². The molecule has 0 unspecified atom stereocenters. The Morgan fingerprint density at radius 3 is 2.19 bits per heavy atom. The number of alkyl carbamates (subject to hydrolysis) is 1. The van der Waals surface area contributed by atoms with E-state index in [9.17, 15) is 14.4 Å². The SMILES string of the molecule is Nc1ncnc2c1c(-c1ccc(Oc3ccccc3)cc1)nn2[C@@H]1CCCN(C(=O)/C=C/CNC(=O)OCCOCCOCCOC(=O)CCCOCCOCCCCCCCl)C1. The van der Waals surface area contributed by atoms with Crippen LogP contribution in [0.25, 0.3) is 22.3 Å². The van der Waals surface area contributed by atoms with E-state index >= 15 is 0 Å². The van der Waals surface area contributed by atoms with Gasteiger partial charge in [-0.25, -0.2) is 19.4 Å². The first-order valence-electron chi connectivity index (χ1n) is 21.6. The zero-order valence-electron chi connectivity index (χ0n) is 35.8. The molecule has 1 saturated heterocycles. The van der Waals surface area contributed by atoms with Crippen LogP contribution >= 0.6 is 11.6 Å². The van der Waals surface area contributed by atoms with E-state index in [1.54, 1.807) is 11.0 Å². The predicted molar refractivity (Wildman–Crippen MR) is 238 cm³/mol. The summed E-state index contributed by atoms with van der Waals surface area (Å²) in [4.78, 5) is 47.7. The third-order valence-corrected chi connectivity index (χ3v) is 10.1. The highest BCUT2D eigenvalue weighted by atomic mass is 35.5. The predicted octanol–water partition coefficient (Wildman–Crippen LogP) is 6.50. The number of carbonyl (C=O) groups excluding carboxylic acids is 3. The lowest BCUT2D eigenvalue weighted by atomic mass is 10.1. The summed E-state index contributed by atoms with van der Waals surface area (Å²) in [5, 5.41) is 8.22. The molecule has 0 bridgehead atoms. The number of nitrogens with two attached hydrogens (primary N) is 1. The van der Waals surface area contributed by atoms with Gasteiger partial charge in [0.2, 0.25) is 5.91 Å². The van der Waals surface area contributed by atoms with Gasteiger partial charge in [0, 0.05) is 56.8 Å². The van der Waals surface area contributed by atoms with Crippen LogP contribution in [-0.4, -0.2) is 134 Å².